The van der Waals surface area contributed by atoms with E-state index >= 15 is 0 Å². The Labute approximate surface area is 121 Å². The fourth-order valence-corrected chi connectivity index (χ4v) is 3.11. The zero-order valence-electron chi connectivity index (χ0n) is 12.2. The van der Waals surface area contributed by atoms with Crippen molar-refractivity contribution in [2.45, 2.75) is 31.6 Å². The lowest BCUT2D eigenvalue weighted by molar-refractivity contribution is 0.291. The second kappa shape index (κ2) is 6.17. The molecule has 1 aliphatic carbocycles. The molecule has 20 heavy (non-hydrogen) atoms. The zero-order chi connectivity index (χ0) is 13.8. The Morgan fingerprint density at radius 1 is 1.05 bits per heavy atom. The van der Waals surface area contributed by atoms with E-state index in [1.807, 2.05) is 0 Å². The normalized spacial score (nSPS) is 22.6. The lowest BCUT2D eigenvalue weighted by Crippen LogP contribution is -2.29. The number of ether oxygens (including phenoxy) is 1. The Kier molecular flexibility index (Phi) is 4.10. The molecule has 2 heteroatoms. The number of methoxy groups -OCH3 is 1. The zero-order valence-corrected chi connectivity index (χ0v) is 12.2. The highest BCUT2D eigenvalue weighted by molar-refractivity contribution is 5.36. The van der Waals surface area contributed by atoms with Gasteiger partial charge in [-0.15, -0.1) is 0 Å². The molecule has 106 valence electrons. The van der Waals surface area contributed by atoms with E-state index in [0.717, 1.165) is 12.2 Å². The van der Waals surface area contributed by atoms with Crippen molar-refractivity contribution in [1.29, 1.82) is 0 Å². The van der Waals surface area contributed by atoms with Crippen LogP contribution in [0.1, 0.15) is 37.2 Å². The predicted octanol–water partition coefficient (Wildman–Crippen LogP) is 4.11. The standard InChI is InChI=1S/C18H23NO/c1-20-18-10-8-15(9-11-18)16-6-5-7-17(14-16)19-12-3-2-4-13-19/h5,7-11,14,16H,2-4,6,12-13H2,1H3. The Bertz CT molecular complexity index is 495. The van der Waals surface area contributed by atoms with Gasteiger partial charge in [0.25, 0.3) is 0 Å². The van der Waals surface area contributed by atoms with Crippen molar-refractivity contribution in [2.75, 3.05) is 20.2 Å². The monoisotopic (exact) mass is 269 g/mol. The van der Waals surface area contributed by atoms with Crippen LogP contribution in [-0.4, -0.2) is 25.1 Å². The topological polar surface area (TPSA) is 12.5 Å². The van der Waals surface area contributed by atoms with Gasteiger partial charge in [-0.3, -0.25) is 0 Å². The van der Waals surface area contributed by atoms with Gasteiger partial charge in [-0.25, -0.2) is 0 Å². The number of allylic oxidation sites excluding steroid dienone is 3. The number of piperidine rings is 1. The average Bonchev–Trinajstić information content (AvgIpc) is 2.56. The van der Waals surface area contributed by atoms with Crippen molar-refractivity contribution in [3.63, 3.8) is 0 Å². The Balaban J connectivity index is 1.76. The molecule has 3 rings (SSSR count). The summed E-state index contributed by atoms with van der Waals surface area (Å²) in [4.78, 5) is 2.54. The first-order valence-electron chi connectivity index (χ1n) is 7.64. The third-order valence-electron chi connectivity index (χ3n) is 4.32. The van der Waals surface area contributed by atoms with E-state index in [0.29, 0.717) is 5.92 Å². The largest absolute Gasteiger partial charge is 0.497 e. The summed E-state index contributed by atoms with van der Waals surface area (Å²) in [5, 5.41) is 0. The minimum atomic E-state index is 0.503. The van der Waals surface area contributed by atoms with E-state index in [4.69, 9.17) is 4.74 Å². The molecule has 1 atom stereocenters. The molecule has 0 amide bonds. The van der Waals surface area contributed by atoms with Crippen LogP contribution in [0.25, 0.3) is 0 Å². The third-order valence-corrected chi connectivity index (χ3v) is 4.32. The molecule has 1 fully saturated rings. The first-order valence-corrected chi connectivity index (χ1v) is 7.64. The van der Waals surface area contributed by atoms with Gasteiger partial charge in [-0.1, -0.05) is 24.3 Å². The van der Waals surface area contributed by atoms with Crippen molar-refractivity contribution >= 4 is 0 Å². The molecule has 0 bridgehead atoms. The molecule has 0 N–H and O–H groups in total. The van der Waals surface area contributed by atoms with Gasteiger partial charge in [-0.05, 0) is 49.5 Å². The van der Waals surface area contributed by atoms with Crippen molar-refractivity contribution in [3.8, 4) is 5.75 Å². The van der Waals surface area contributed by atoms with E-state index < -0.39 is 0 Å². The lowest BCUT2D eigenvalue weighted by Gasteiger charge is -2.32. The molecular formula is C18H23NO. The van der Waals surface area contributed by atoms with Crippen molar-refractivity contribution in [1.82, 2.24) is 4.90 Å². The Hall–Kier alpha value is -1.70. The summed E-state index contributed by atoms with van der Waals surface area (Å²) in [6, 6.07) is 8.49. The van der Waals surface area contributed by atoms with Crippen LogP contribution in [0.4, 0.5) is 0 Å². The first-order chi connectivity index (χ1) is 9.86. The number of hydrogen-bond acceptors (Lipinski definition) is 2. The highest BCUT2D eigenvalue weighted by Gasteiger charge is 2.17. The second-order valence-corrected chi connectivity index (χ2v) is 5.66. The molecule has 1 unspecified atom stereocenters. The predicted molar refractivity (Wildman–Crippen MR) is 83.0 cm³/mol. The molecule has 1 aliphatic heterocycles. The van der Waals surface area contributed by atoms with Gasteiger partial charge in [0.1, 0.15) is 5.75 Å². The number of nitrogens with zero attached hydrogens (tertiary/aromatic N) is 1. The summed E-state index contributed by atoms with van der Waals surface area (Å²) in [6.45, 7) is 2.43. The smallest absolute Gasteiger partial charge is 0.118 e. The molecule has 0 spiro atoms. The minimum Gasteiger partial charge on any atom is -0.497 e. The maximum Gasteiger partial charge on any atom is 0.118 e. The number of hydrogen-bond donors (Lipinski definition) is 0. The van der Waals surface area contributed by atoms with Crippen molar-refractivity contribution < 1.29 is 4.74 Å². The Morgan fingerprint density at radius 3 is 2.50 bits per heavy atom. The van der Waals surface area contributed by atoms with E-state index in [1.165, 1.54) is 43.6 Å². The third kappa shape index (κ3) is 2.90. The van der Waals surface area contributed by atoms with Crippen LogP contribution < -0.4 is 4.74 Å². The first kappa shape index (κ1) is 13.3. The summed E-state index contributed by atoms with van der Waals surface area (Å²) >= 11 is 0. The van der Waals surface area contributed by atoms with Crippen LogP contribution >= 0.6 is 0 Å². The van der Waals surface area contributed by atoms with E-state index in [-0.39, 0.29) is 0 Å². The van der Waals surface area contributed by atoms with Gasteiger partial charge in [0, 0.05) is 24.7 Å². The van der Waals surface area contributed by atoms with Crippen LogP contribution in [0.2, 0.25) is 0 Å². The SMILES string of the molecule is COc1ccc(C2C=C(N3CCCCC3)C=CC2)cc1. The van der Waals surface area contributed by atoms with Gasteiger partial charge >= 0.3 is 0 Å². The average molecular weight is 269 g/mol. The van der Waals surface area contributed by atoms with Gasteiger partial charge in [0.05, 0.1) is 7.11 Å². The molecule has 1 heterocycles. The summed E-state index contributed by atoms with van der Waals surface area (Å²) in [5.41, 5.74) is 2.79. The Morgan fingerprint density at radius 2 is 1.80 bits per heavy atom. The van der Waals surface area contributed by atoms with E-state index in [1.54, 1.807) is 7.11 Å². The van der Waals surface area contributed by atoms with Crippen LogP contribution in [-0.2, 0) is 0 Å². The number of benzene rings is 1. The van der Waals surface area contributed by atoms with Gasteiger partial charge in [0.15, 0.2) is 0 Å². The fourth-order valence-electron chi connectivity index (χ4n) is 3.11. The van der Waals surface area contributed by atoms with Gasteiger partial charge in [-0.2, -0.15) is 0 Å². The number of likely N-dealkylation sites (tertiary alicyclic amines) is 1. The molecule has 0 radical (unpaired) electrons. The molecule has 1 saturated heterocycles. The van der Waals surface area contributed by atoms with Crippen LogP contribution in [0.15, 0.2) is 48.2 Å². The van der Waals surface area contributed by atoms with E-state index in [2.05, 4.69) is 47.4 Å². The molecule has 0 aromatic heterocycles. The summed E-state index contributed by atoms with van der Waals surface area (Å²) < 4.78 is 5.24. The van der Waals surface area contributed by atoms with Crippen molar-refractivity contribution in [2.24, 2.45) is 0 Å². The summed E-state index contributed by atoms with van der Waals surface area (Å²) in [6.07, 6.45) is 12.2. The maximum absolute atomic E-state index is 5.24. The molecule has 2 aliphatic rings. The lowest BCUT2D eigenvalue weighted by atomic mass is 9.91. The van der Waals surface area contributed by atoms with Crippen LogP contribution in [0, 0.1) is 0 Å². The summed E-state index contributed by atoms with van der Waals surface area (Å²) in [7, 11) is 1.71. The molecule has 2 nitrogen and oxygen atoms in total. The van der Waals surface area contributed by atoms with Crippen LogP contribution in [0.3, 0.4) is 0 Å². The highest BCUT2D eigenvalue weighted by atomic mass is 16.5. The second-order valence-electron chi connectivity index (χ2n) is 5.66. The molecule has 1 aromatic rings. The molecular weight excluding hydrogens is 246 g/mol. The minimum absolute atomic E-state index is 0.503. The molecule has 0 saturated carbocycles. The van der Waals surface area contributed by atoms with Gasteiger partial charge in [0.2, 0.25) is 0 Å². The molecule has 1 aromatic carbocycles. The highest BCUT2D eigenvalue weighted by Crippen LogP contribution is 2.30. The van der Waals surface area contributed by atoms with Crippen LogP contribution in [0.5, 0.6) is 5.75 Å². The maximum atomic E-state index is 5.24. The number of rotatable bonds is 3. The summed E-state index contributed by atoms with van der Waals surface area (Å²) in [5.74, 6) is 1.43. The van der Waals surface area contributed by atoms with E-state index in [9.17, 15) is 0 Å². The quantitative estimate of drug-likeness (QED) is 0.819. The van der Waals surface area contributed by atoms with Gasteiger partial charge < -0.3 is 9.64 Å². The fraction of sp³-hybridized carbons (Fsp3) is 0.444. The van der Waals surface area contributed by atoms with Crippen molar-refractivity contribution in [3.05, 3.63) is 53.8 Å².